The van der Waals surface area contributed by atoms with E-state index in [1.165, 1.54) is 31.1 Å². The highest BCUT2D eigenvalue weighted by molar-refractivity contribution is 6.02. The Morgan fingerprint density at radius 3 is 2.50 bits per heavy atom. The maximum Gasteiger partial charge on any atom is 0.387 e. The molecule has 1 aliphatic rings. The van der Waals surface area contributed by atoms with Crippen LogP contribution in [0.3, 0.4) is 0 Å². The second kappa shape index (κ2) is 9.35. The molecule has 0 spiro atoms. The molecule has 2 aromatic carbocycles. The SMILES string of the molecule is CC1CCN(c2ccc(NC(=O)/C=C/c3ccccc3OC(F)F)cc2)CC1. The number of carbonyl (C=O) groups is 1. The molecule has 0 saturated carbocycles. The quantitative estimate of drug-likeness (QED) is 0.696. The van der Waals surface area contributed by atoms with E-state index in [0.717, 1.165) is 24.7 Å². The molecular weight excluding hydrogens is 362 g/mol. The van der Waals surface area contributed by atoms with E-state index in [1.807, 2.05) is 24.3 Å². The molecule has 0 aliphatic carbocycles. The molecule has 0 radical (unpaired) electrons. The van der Waals surface area contributed by atoms with Gasteiger partial charge in [0.1, 0.15) is 5.75 Å². The normalized spacial score (nSPS) is 15.2. The molecule has 148 valence electrons. The van der Waals surface area contributed by atoms with E-state index < -0.39 is 6.61 Å². The highest BCUT2D eigenvalue weighted by atomic mass is 19.3. The number of nitrogens with zero attached hydrogens (tertiary/aromatic N) is 1. The molecule has 1 fully saturated rings. The van der Waals surface area contributed by atoms with E-state index in [2.05, 4.69) is 21.9 Å². The van der Waals surface area contributed by atoms with Crippen molar-refractivity contribution in [3.05, 3.63) is 60.2 Å². The van der Waals surface area contributed by atoms with Crippen LogP contribution in [0.25, 0.3) is 6.08 Å². The Balaban J connectivity index is 1.58. The number of nitrogens with one attached hydrogen (secondary N) is 1. The Hall–Kier alpha value is -2.89. The number of hydrogen-bond donors (Lipinski definition) is 1. The molecule has 1 saturated heterocycles. The van der Waals surface area contributed by atoms with Crippen molar-refractivity contribution in [3.63, 3.8) is 0 Å². The van der Waals surface area contributed by atoms with E-state index >= 15 is 0 Å². The highest BCUT2D eigenvalue weighted by Gasteiger charge is 2.15. The predicted octanol–water partition coefficient (Wildman–Crippen LogP) is 5.18. The number of para-hydroxylation sites is 1. The first-order chi connectivity index (χ1) is 13.5. The summed E-state index contributed by atoms with van der Waals surface area (Å²) in [6, 6.07) is 14.1. The summed E-state index contributed by atoms with van der Waals surface area (Å²) >= 11 is 0. The van der Waals surface area contributed by atoms with Gasteiger partial charge in [-0.3, -0.25) is 4.79 Å². The van der Waals surface area contributed by atoms with E-state index in [0.29, 0.717) is 11.3 Å². The third-order valence-electron chi connectivity index (χ3n) is 4.83. The lowest BCUT2D eigenvalue weighted by Gasteiger charge is -2.32. The second-order valence-electron chi connectivity index (χ2n) is 6.96. The first kappa shape index (κ1) is 19.9. The van der Waals surface area contributed by atoms with Crippen molar-refractivity contribution in [2.24, 2.45) is 5.92 Å². The van der Waals surface area contributed by atoms with E-state index in [-0.39, 0.29) is 11.7 Å². The Kier molecular flexibility index (Phi) is 6.63. The molecule has 6 heteroatoms. The third kappa shape index (κ3) is 5.55. The Labute approximate surface area is 163 Å². The lowest BCUT2D eigenvalue weighted by atomic mass is 9.99. The van der Waals surface area contributed by atoms with Crippen LogP contribution in [-0.2, 0) is 4.79 Å². The first-order valence-corrected chi connectivity index (χ1v) is 9.39. The fourth-order valence-corrected chi connectivity index (χ4v) is 3.19. The summed E-state index contributed by atoms with van der Waals surface area (Å²) < 4.78 is 29.3. The van der Waals surface area contributed by atoms with Crippen LogP contribution in [0, 0.1) is 5.92 Å². The van der Waals surface area contributed by atoms with Crippen molar-refractivity contribution < 1.29 is 18.3 Å². The smallest absolute Gasteiger partial charge is 0.387 e. The summed E-state index contributed by atoms with van der Waals surface area (Å²) in [6.45, 7) is 1.47. The number of halogens is 2. The highest BCUT2D eigenvalue weighted by Crippen LogP contribution is 2.24. The van der Waals surface area contributed by atoms with Gasteiger partial charge < -0.3 is 15.0 Å². The van der Waals surface area contributed by atoms with Crippen molar-refractivity contribution in [3.8, 4) is 5.75 Å². The molecule has 4 nitrogen and oxygen atoms in total. The number of anilines is 2. The molecule has 3 rings (SSSR count). The zero-order valence-corrected chi connectivity index (χ0v) is 15.8. The Bertz CT molecular complexity index is 814. The van der Waals surface area contributed by atoms with Crippen LogP contribution >= 0.6 is 0 Å². The van der Waals surface area contributed by atoms with Crippen LogP contribution in [0.15, 0.2) is 54.6 Å². The van der Waals surface area contributed by atoms with Crippen molar-refractivity contribution in [1.82, 2.24) is 0 Å². The largest absolute Gasteiger partial charge is 0.434 e. The molecule has 0 unspecified atom stereocenters. The Morgan fingerprint density at radius 1 is 1.14 bits per heavy atom. The fraction of sp³-hybridized carbons (Fsp3) is 0.318. The fourth-order valence-electron chi connectivity index (χ4n) is 3.19. The number of piperidine rings is 1. The van der Waals surface area contributed by atoms with Gasteiger partial charge in [-0.25, -0.2) is 0 Å². The van der Waals surface area contributed by atoms with Crippen LogP contribution < -0.4 is 15.0 Å². The van der Waals surface area contributed by atoms with E-state index in [1.54, 1.807) is 18.2 Å². The summed E-state index contributed by atoms with van der Waals surface area (Å²) in [4.78, 5) is 14.5. The Morgan fingerprint density at radius 2 is 1.82 bits per heavy atom. The van der Waals surface area contributed by atoms with Gasteiger partial charge in [-0.05, 0) is 55.2 Å². The summed E-state index contributed by atoms with van der Waals surface area (Å²) in [5, 5.41) is 2.78. The van der Waals surface area contributed by atoms with Crippen LogP contribution in [0.5, 0.6) is 5.75 Å². The lowest BCUT2D eigenvalue weighted by Crippen LogP contribution is -2.32. The summed E-state index contributed by atoms with van der Waals surface area (Å²) in [6.07, 6.45) is 5.14. The van der Waals surface area contributed by atoms with Gasteiger partial charge >= 0.3 is 6.61 Å². The summed E-state index contributed by atoms with van der Waals surface area (Å²) in [5.74, 6) is 0.464. The van der Waals surface area contributed by atoms with Gasteiger partial charge in [0.2, 0.25) is 5.91 Å². The van der Waals surface area contributed by atoms with Crippen molar-refractivity contribution in [2.45, 2.75) is 26.4 Å². The molecule has 0 aromatic heterocycles. The first-order valence-electron chi connectivity index (χ1n) is 9.39. The molecule has 1 heterocycles. The van der Waals surface area contributed by atoms with Crippen molar-refractivity contribution in [1.29, 1.82) is 0 Å². The number of amides is 1. The van der Waals surface area contributed by atoms with Crippen LogP contribution in [0.1, 0.15) is 25.3 Å². The number of carbonyl (C=O) groups excluding carboxylic acids is 1. The second-order valence-corrected chi connectivity index (χ2v) is 6.96. The zero-order chi connectivity index (χ0) is 19.9. The molecule has 2 aromatic rings. The lowest BCUT2D eigenvalue weighted by molar-refractivity contribution is -0.111. The monoisotopic (exact) mass is 386 g/mol. The maximum absolute atomic E-state index is 12.4. The number of benzene rings is 2. The molecule has 1 aliphatic heterocycles. The molecule has 1 amide bonds. The van der Waals surface area contributed by atoms with Crippen LogP contribution in [0.4, 0.5) is 20.2 Å². The van der Waals surface area contributed by atoms with Gasteiger partial charge in [0.25, 0.3) is 0 Å². The average Bonchev–Trinajstić information content (AvgIpc) is 2.68. The molecule has 0 atom stereocenters. The molecular formula is C22H24F2N2O2. The average molecular weight is 386 g/mol. The maximum atomic E-state index is 12.4. The predicted molar refractivity (Wildman–Crippen MR) is 108 cm³/mol. The van der Waals surface area contributed by atoms with Crippen LogP contribution in [0.2, 0.25) is 0 Å². The molecule has 0 bridgehead atoms. The minimum atomic E-state index is -2.91. The van der Waals surface area contributed by atoms with Gasteiger partial charge in [-0.15, -0.1) is 0 Å². The summed E-state index contributed by atoms with van der Waals surface area (Å²) in [7, 11) is 0. The van der Waals surface area contributed by atoms with Gasteiger partial charge in [0, 0.05) is 36.1 Å². The van der Waals surface area contributed by atoms with E-state index in [4.69, 9.17) is 0 Å². The van der Waals surface area contributed by atoms with Gasteiger partial charge in [0.05, 0.1) is 0 Å². The molecule has 1 N–H and O–H groups in total. The molecule has 28 heavy (non-hydrogen) atoms. The van der Waals surface area contributed by atoms with Crippen molar-refractivity contribution >= 4 is 23.4 Å². The number of alkyl halides is 2. The van der Waals surface area contributed by atoms with Gasteiger partial charge in [0.15, 0.2) is 0 Å². The minimum Gasteiger partial charge on any atom is -0.434 e. The minimum absolute atomic E-state index is 0.0294. The topological polar surface area (TPSA) is 41.6 Å². The standard InChI is InChI=1S/C22H24F2N2O2/c1-16-12-14-26(15-13-16)19-9-7-18(8-10-19)25-21(27)11-6-17-4-2-3-5-20(17)28-22(23)24/h2-11,16,22H,12-15H2,1H3,(H,25,27)/b11-6+. The summed E-state index contributed by atoms with van der Waals surface area (Å²) in [5.41, 5.74) is 2.24. The number of hydrogen-bond acceptors (Lipinski definition) is 3. The van der Waals surface area contributed by atoms with Crippen LogP contribution in [-0.4, -0.2) is 25.6 Å². The van der Waals surface area contributed by atoms with Crippen molar-refractivity contribution in [2.75, 3.05) is 23.3 Å². The van der Waals surface area contributed by atoms with E-state index in [9.17, 15) is 13.6 Å². The number of ether oxygens (including phenoxy) is 1. The van der Waals surface area contributed by atoms with Gasteiger partial charge in [-0.1, -0.05) is 25.1 Å². The third-order valence-corrected chi connectivity index (χ3v) is 4.83. The zero-order valence-electron chi connectivity index (χ0n) is 15.8. The van der Waals surface area contributed by atoms with Gasteiger partial charge in [-0.2, -0.15) is 8.78 Å². The number of rotatable bonds is 6.